The Hall–Kier alpha value is -0.610. The van der Waals surface area contributed by atoms with E-state index < -0.39 is 6.10 Å². The quantitative estimate of drug-likeness (QED) is 0.722. The van der Waals surface area contributed by atoms with Gasteiger partial charge < -0.3 is 15.5 Å². The van der Waals surface area contributed by atoms with Gasteiger partial charge in [0.25, 0.3) is 0 Å². The molecule has 1 rings (SSSR count). The minimum atomic E-state index is -0.613. The van der Waals surface area contributed by atoms with Crippen molar-refractivity contribution in [3.8, 4) is 0 Å². The van der Waals surface area contributed by atoms with Crippen molar-refractivity contribution in [1.29, 1.82) is 0 Å². The molecule has 0 spiro atoms. The number of nitrogens with one attached hydrogen (secondary N) is 1. The fourth-order valence-corrected chi connectivity index (χ4v) is 2.21. The Morgan fingerprint density at radius 2 is 1.79 bits per heavy atom. The summed E-state index contributed by atoms with van der Waals surface area (Å²) in [6.45, 7) is 6.20. The maximum atomic E-state index is 10.5. The Bertz CT molecular complexity index is 363. The highest BCUT2D eigenvalue weighted by Gasteiger charge is 2.25. The second kappa shape index (κ2) is 7.85. The SMILES string of the molecule is CCC(CO)NC(C(C)C)C(O)c1ccc(Cl)cc1. The third-order valence-electron chi connectivity index (χ3n) is 3.41. The Labute approximate surface area is 120 Å². The third-order valence-corrected chi connectivity index (χ3v) is 3.66. The van der Waals surface area contributed by atoms with Crippen LogP contribution in [0.2, 0.25) is 5.02 Å². The van der Waals surface area contributed by atoms with Gasteiger partial charge in [-0.3, -0.25) is 0 Å². The van der Waals surface area contributed by atoms with Crippen molar-refractivity contribution in [3.63, 3.8) is 0 Å². The number of aliphatic hydroxyl groups is 2. The molecule has 108 valence electrons. The van der Waals surface area contributed by atoms with E-state index in [1.807, 2.05) is 19.1 Å². The minimum Gasteiger partial charge on any atom is -0.395 e. The third kappa shape index (κ3) is 4.77. The first-order valence-electron chi connectivity index (χ1n) is 6.80. The highest BCUT2D eigenvalue weighted by molar-refractivity contribution is 6.30. The molecular weight excluding hydrogens is 262 g/mol. The van der Waals surface area contributed by atoms with Crippen LogP contribution in [-0.2, 0) is 0 Å². The van der Waals surface area contributed by atoms with E-state index in [4.69, 9.17) is 11.6 Å². The molecule has 0 aliphatic carbocycles. The zero-order valence-electron chi connectivity index (χ0n) is 11.8. The van der Waals surface area contributed by atoms with Crippen molar-refractivity contribution < 1.29 is 10.2 Å². The first kappa shape index (κ1) is 16.4. The summed E-state index contributed by atoms with van der Waals surface area (Å²) in [5.74, 6) is 0.256. The summed E-state index contributed by atoms with van der Waals surface area (Å²) in [7, 11) is 0. The summed E-state index contributed by atoms with van der Waals surface area (Å²) in [4.78, 5) is 0. The molecule has 0 aromatic heterocycles. The summed E-state index contributed by atoms with van der Waals surface area (Å²) in [5, 5.41) is 23.8. The fraction of sp³-hybridized carbons (Fsp3) is 0.600. The van der Waals surface area contributed by atoms with Gasteiger partial charge in [0.15, 0.2) is 0 Å². The number of rotatable bonds is 7. The molecule has 0 fully saturated rings. The lowest BCUT2D eigenvalue weighted by molar-refractivity contribution is 0.0886. The van der Waals surface area contributed by atoms with E-state index in [9.17, 15) is 10.2 Å². The number of hydrogen-bond acceptors (Lipinski definition) is 3. The number of halogens is 1. The molecule has 0 aliphatic rings. The van der Waals surface area contributed by atoms with Crippen molar-refractivity contribution in [3.05, 3.63) is 34.9 Å². The Kier molecular flexibility index (Phi) is 6.80. The van der Waals surface area contributed by atoms with Gasteiger partial charge in [0, 0.05) is 17.1 Å². The molecule has 3 nitrogen and oxygen atoms in total. The van der Waals surface area contributed by atoms with Gasteiger partial charge in [0.1, 0.15) is 0 Å². The van der Waals surface area contributed by atoms with E-state index in [0.717, 1.165) is 12.0 Å². The normalized spacial score (nSPS) is 16.4. The van der Waals surface area contributed by atoms with Gasteiger partial charge >= 0.3 is 0 Å². The first-order chi connectivity index (χ1) is 8.99. The summed E-state index contributed by atoms with van der Waals surface area (Å²) >= 11 is 5.86. The minimum absolute atomic E-state index is 0.00866. The highest BCUT2D eigenvalue weighted by atomic mass is 35.5. The van der Waals surface area contributed by atoms with Crippen LogP contribution in [0.25, 0.3) is 0 Å². The zero-order chi connectivity index (χ0) is 14.4. The van der Waals surface area contributed by atoms with E-state index in [1.165, 1.54) is 0 Å². The van der Waals surface area contributed by atoms with Gasteiger partial charge in [-0.2, -0.15) is 0 Å². The van der Waals surface area contributed by atoms with Crippen LogP contribution in [0.15, 0.2) is 24.3 Å². The summed E-state index contributed by atoms with van der Waals surface area (Å²) in [6.07, 6.45) is 0.213. The summed E-state index contributed by atoms with van der Waals surface area (Å²) in [6, 6.07) is 7.14. The van der Waals surface area contributed by atoms with Crippen molar-refractivity contribution in [2.24, 2.45) is 5.92 Å². The van der Waals surface area contributed by atoms with Crippen LogP contribution in [0, 0.1) is 5.92 Å². The fourth-order valence-electron chi connectivity index (χ4n) is 2.09. The Morgan fingerprint density at radius 1 is 1.21 bits per heavy atom. The van der Waals surface area contributed by atoms with Crippen LogP contribution >= 0.6 is 11.6 Å². The topological polar surface area (TPSA) is 52.5 Å². The van der Waals surface area contributed by atoms with E-state index in [1.54, 1.807) is 12.1 Å². The van der Waals surface area contributed by atoms with Gasteiger partial charge in [-0.25, -0.2) is 0 Å². The maximum Gasteiger partial charge on any atom is 0.0945 e. The molecule has 0 saturated heterocycles. The van der Waals surface area contributed by atoms with E-state index in [-0.39, 0.29) is 24.6 Å². The number of benzene rings is 1. The molecule has 19 heavy (non-hydrogen) atoms. The smallest absolute Gasteiger partial charge is 0.0945 e. The Balaban J connectivity index is 2.83. The van der Waals surface area contributed by atoms with Crippen LogP contribution < -0.4 is 5.32 Å². The lowest BCUT2D eigenvalue weighted by atomic mass is 9.92. The predicted molar refractivity (Wildman–Crippen MR) is 79.3 cm³/mol. The lowest BCUT2D eigenvalue weighted by Gasteiger charge is -2.31. The monoisotopic (exact) mass is 285 g/mol. The average Bonchev–Trinajstić information content (AvgIpc) is 2.40. The highest BCUT2D eigenvalue weighted by Crippen LogP contribution is 2.24. The van der Waals surface area contributed by atoms with Crippen LogP contribution in [0.3, 0.4) is 0 Å². The van der Waals surface area contributed by atoms with Gasteiger partial charge in [-0.15, -0.1) is 0 Å². The molecule has 0 aliphatic heterocycles. The average molecular weight is 286 g/mol. The van der Waals surface area contributed by atoms with Crippen LogP contribution in [0.1, 0.15) is 38.9 Å². The molecule has 0 amide bonds. The molecule has 1 aromatic carbocycles. The summed E-state index contributed by atoms with van der Waals surface area (Å²) < 4.78 is 0. The van der Waals surface area contributed by atoms with Crippen molar-refractivity contribution >= 4 is 11.6 Å². The van der Waals surface area contributed by atoms with Crippen LogP contribution in [0.4, 0.5) is 0 Å². The van der Waals surface area contributed by atoms with E-state index in [2.05, 4.69) is 19.2 Å². The molecule has 0 bridgehead atoms. The molecular formula is C15H24ClNO2. The molecule has 3 atom stereocenters. The molecule has 0 heterocycles. The maximum absolute atomic E-state index is 10.5. The van der Waals surface area contributed by atoms with Crippen LogP contribution in [-0.4, -0.2) is 28.9 Å². The van der Waals surface area contributed by atoms with Gasteiger partial charge in [-0.05, 0) is 30.0 Å². The van der Waals surface area contributed by atoms with Gasteiger partial charge in [0.05, 0.1) is 12.7 Å². The second-order valence-electron chi connectivity index (χ2n) is 5.22. The Morgan fingerprint density at radius 3 is 2.21 bits per heavy atom. The zero-order valence-corrected chi connectivity index (χ0v) is 12.6. The largest absolute Gasteiger partial charge is 0.395 e. The second-order valence-corrected chi connectivity index (χ2v) is 5.66. The molecule has 0 radical (unpaired) electrons. The molecule has 3 unspecified atom stereocenters. The van der Waals surface area contributed by atoms with Gasteiger partial charge in [-0.1, -0.05) is 44.5 Å². The first-order valence-corrected chi connectivity index (χ1v) is 7.17. The predicted octanol–water partition coefficient (Wildman–Crippen LogP) is 2.76. The van der Waals surface area contributed by atoms with Crippen LogP contribution in [0.5, 0.6) is 0 Å². The number of aliphatic hydroxyl groups excluding tert-OH is 2. The standard InChI is InChI=1S/C15H24ClNO2/c1-4-13(9-18)17-14(10(2)3)15(19)11-5-7-12(16)8-6-11/h5-8,10,13-15,17-19H,4,9H2,1-3H3. The molecule has 4 heteroatoms. The van der Waals surface area contributed by atoms with Crippen molar-refractivity contribution in [2.45, 2.75) is 45.4 Å². The molecule has 0 saturated carbocycles. The van der Waals surface area contributed by atoms with Crippen molar-refractivity contribution in [2.75, 3.05) is 6.61 Å². The number of hydrogen-bond donors (Lipinski definition) is 3. The summed E-state index contributed by atoms with van der Waals surface area (Å²) in [5.41, 5.74) is 0.836. The van der Waals surface area contributed by atoms with E-state index >= 15 is 0 Å². The van der Waals surface area contributed by atoms with E-state index in [0.29, 0.717) is 5.02 Å². The molecule has 1 aromatic rings. The van der Waals surface area contributed by atoms with Gasteiger partial charge in [0.2, 0.25) is 0 Å². The van der Waals surface area contributed by atoms with Crippen molar-refractivity contribution in [1.82, 2.24) is 5.32 Å². The lowest BCUT2D eigenvalue weighted by Crippen LogP contribution is -2.46. The molecule has 3 N–H and O–H groups in total.